The van der Waals surface area contributed by atoms with Crippen molar-refractivity contribution in [2.45, 2.75) is 72.1 Å². The minimum absolute atomic E-state index is 0. The molecule has 1 aromatic heterocycles. The molecule has 1 aliphatic heterocycles. The van der Waals surface area contributed by atoms with Crippen molar-refractivity contribution in [1.82, 2.24) is 9.88 Å². The van der Waals surface area contributed by atoms with Crippen molar-refractivity contribution in [1.29, 1.82) is 5.41 Å². The second-order valence-electron chi connectivity index (χ2n) is 11.4. The summed E-state index contributed by atoms with van der Waals surface area (Å²) in [5.41, 5.74) is 3.33. The van der Waals surface area contributed by atoms with Gasteiger partial charge in [-0.25, -0.2) is 0 Å². The van der Waals surface area contributed by atoms with E-state index < -0.39 is 0 Å². The number of nitrogens with one attached hydrogen (secondary N) is 1. The van der Waals surface area contributed by atoms with Gasteiger partial charge in [0.15, 0.2) is 5.78 Å². The fourth-order valence-corrected chi connectivity index (χ4v) is 4.58. The van der Waals surface area contributed by atoms with Gasteiger partial charge in [0.1, 0.15) is 11.6 Å². The predicted molar refractivity (Wildman–Crippen MR) is 150 cm³/mol. The third-order valence-corrected chi connectivity index (χ3v) is 6.48. The van der Waals surface area contributed by atoms with E-state index in [0.29, 0.717) is 17.9 Å². The Morgan fingerprint density at radius 3 is 2.23 bits per heavy atom. The van der Waals surface area contributed by atoms with Crippen molar-refractivity contribution in [2.75, 3.05) is 13.1 Å². The van der Waals surface area contributed by atoms with E-state index in [2.05, 4.69) is 11.9 Å². The number of carbonyl (C=O) groups is 1. The van der Waals surface area contributed by atoms with E-state index in [0.717, 1.165) is 35.2 Å². The molecule has 1 aliphatic rings. The number of carbonyl (C=O) groups excluding carboxylic acids is 1. The summed E-state index contributed by atoms with van der Waals surface area (Å²) in [6.07, 6.45) is 5.73. The van der Waals surface area contributed by atoms with E-state index >= 15 is 0 Å². The Hall–Kier alpha value is -2.47. The second kappa shape index (κ2) is 11.1. The maximum atomic E-state index is 13.5. The number of aromatic hydroxyl groups is 1. The molecule has 0 aliphatic carbocycles. The normalized spacial score (nSPS) is 17.6. The van der Waals surface area contributed by atoms with E-state index in [1.54, 1.807) is 6.20 Å². The Bertz CT molecular complexity index is 1060. The van der Waals surface area contributed by atoms with Gasteiger partial charge in [-0.15, -0.1) is 17.0 Å². The highest BCUT2D eigenvalue weighted by atomic mass is 79.9. The largest absolute Gasteiger partial charge is 0.507 e. The van der Waals surface area contributed by atoms with Gasteiger partial charge in [0.05, 0.1) is 12.2 Å². The Balaban J connectivity index is 0.00000432. The summed E-state index contributed by atoms with van der Waals surface area (Å²) in [6.45, 7) is 15.2. The van der Waals surface area contributed by atoms with E-state index in [-0.39, 0.29) is 51.8 Å². The highest BCUT2D eigenvalue weighted by Gasteiger charge is 2.34. The van der Waals surface area contributed by atoms with Crippen LogP contribution in [0.2, 0.25) is 0 Å². The number of nitrogens with zero attached hydrogens (tertiary/aromatic N) is 2. The van der Waals surface area contributed by atoms with Crippen molar-refractivity contribution in [3.8, 4) is 5.75 Å². The number of ketones is 1. The minimum Gasteiger partial charge on any atom is -0.507 e. The quantitative estimate of drug-likeness (QED) is 0.388. The third kappa shape index (κ3) is 6.60. The van der Waals surface area contributed by atoms with Crippen molar-refractivity contribution in [3.63, 3.8) is 0 Å². The Labute approximate surface area is 220 Å². The van der Waals surface area contributed by atoms with E-state index in [9.17, 15) is 9.90 Å². The maximum absolute atomic E-state index is 13.5. The van der Waals surface area contributed by atoms with Gasteiger partial charge in [-0.3, -0.25) is 15.2 Å². The number of aromatic nitrogens is 1. The molecule has 0 amide bonds. The molecule has 35 heavy (non-hydrogen) atoms. The van der Waals surface area contributed by atoms with Crippen molar-refractivity contribution < 1.29 is 9.90 Å². The van der Waals surface area contributed by atoms with Gasteiger partial charge in [-0.2, -0.15) is 0 Å². The van der Waals surface area contributed by atoms with Crippen LogP contribution in [0.25, 0.3) is 6.08 Å². The zero-order valence-corrected chi connectivity index (χ0v) is 23.8. The van der Waals surface area contributed by atoms with Crippen molar-refractivity contribution in [3.05, 3.63) is 64.5 Å². The minimum atomic E-state index is -0.300. The summed E-state index contributed by atoms with van der Waals surface area (Å²) in [6, 6.07) is 9.43. The summed E-state index contributed by atoms with van der Waals surface area (Å²) >= 11 is 0. The topological polar surface area (TPSA) is 77.3 Å². The number of pyridine rings is 1. The molecule has 1 fully saturated rings. The van der Waals surface area contributed by atoms with Crippen LogP contribution in [-0.2, 0) is 10.8 Å². The number of phenolic OH excluding ortho intramolecular Hbond substituents is 1. The SMILES string of the molecule is Br.CCCC1CN(CC(=O)c2cc(C(C)(C)C)c(O)c(C(C)(C)C)c2)C(=N)/C1=C/c1ccccn1. The smallest absolute Gasteiger partial charge is 0.182 e. The molecule has 0 spiro atoms. The van der Waals surface area contributed by atoms with Crippen LogP contribution in [0, 0.1) is 11.3 Å². The fraction of sp³-hybridized carbons (Fsp3) is 0.483. The van der Waals surface area contributed by atoms with Gasteiger partial charge in [0, 0.05) is 40.9 Å². The highest BCUT2D eigenvalue weighted by Crippen LogP contribution is 2.40. The molecule has 190 valence electrons. The van der Waals surface area contributed by atoms with Crippen molar-refractivity contribution >= 4 is 34.7 Å². The molecule has 1 saturated heterocycles. The number of Topliss-reactive ketones (excluding diaryl/α,β-unsaturated/α-hetero) is 1. The monoisotopic (exact) mass is 541 g/mol. The predicted octanol–water partition coefficient (Wildman–Crippen LogP) is 6.94. The fourth-order valence-electron chi connectivity index (χ4n) is 4.58. The van der Waals surface area contributed by atoms with Crippen LogP contribution in [0.3, 0.4) is 0 Å². The Morgan fingerprint density at radius 2 is 1.74 bits per heavy atom. The lowest BCUT2D eigenvalue weighted by molar-refractivity contribution is 0.0963. The van der Waals surface area contributed by atoms with E-state index in [1.165, 1.54) is 0 Å². The van der Waals surface area contributed by atoms with Gasteiger partial charge in [0.25, 0.3) is 0 Å². The number of hydrogen-bond acceptors (Lipinski definition) is 4. The summed E-state index contributed by atoms with van der Waals surface area (Å²) in [5, 5.41) is 19.8. The number of halogens is 1. The number of phenols is 1. The first kappa shape index (κ1) is 28.8. The van der Waals surface area contributed by atoms with Crippen LogP contribution in [0.5, 0.6) is 5.75 Å². The number of benzene rings is 1. The molecule has 0 saturated carbocycles. The average Bonchev–Trinajstić information content (AvgIpc) is 3.02. The summed E-state index contributed by atoms with van der Waals surface area (Å²) in [7, 11) is 0. The lowest BCUT2D eigenvalue weighted by Gasteiger charge is -2.28. The molecular formula is C29H40BrN3O2. The maximum Gasteiger partial charge on any atom is 0.182 e. The third-order valence-electron chi connectivity index (χ3n) is 6.48. The molecule has 6 heteroatoms. The van der Waals surface area contributed by atoms with Crippen LogP contribution in [0.15, 0.2) is 42.1 Å². The lowest BCUT2D eigenvalue weighted by Crippen LogP contribution is -2.31. The average molecular weight is 543 g/mol. The standard InChI is InChI=1S/C29H39N3O2.BrH/c1-8-11-19-17-32(27(30)22(19)16-21-12-9-10-13-31-21)18-25(33)20-14-23(28(2,3)4)26(34)24(15-20)29(5,6)7;/h9-10,12-16,19,30,34H,8,11,17-18H2,1-7H3;1H/b22-16+,30-27?;. The van der Waals surface area contributed by atoms with Crippen LogP contribution < -0.4 is 0 Å². The Kier molecular flexibility index (Phi) is 9.10. The molecule has 0 bridgehead atoms. The van der Waals surface area contributed by atoms with Gasteiger partial charge in [0.2, 0.25) is 0 Å². The van der Waals surface area contributed by atoms with Crippen LogP contribution in [-0.4, -0.2) is 39.7 Å². The van der Waals surface area contributed by atoms with Crippen LogP contribution in [0.1, 0.15) is 88.5 Å². The zero-order valence-electron chi connectivity index (χ0n) is 22.1. The lowest BCUT2D eigenvalue weighted by atomic mass is 9.78. The summed E-state index contributed by atoms with van der Waals surface area (Å²) < 4.78 is 0. The van der Waals surface area contributed by atoms with E-state index in [4.69, 9.17) is 5.41 Å². The summed E-state index contributed by atoms with van der Waals surface area (Å²) in [4.78, 5) is 19.8. The van der Waals surface area contributed by atoms with Gasteiger partial charge >= 0.3 is 0 Å². The Morgan fingerprint density at radius 1 is 1.14 bits per heavy atom. The molecule has 1 atom stereocenters. The highest BCUT2D eigenvalue weighted by molar-refractivity contribution is 8.93. The zero-order chi connectivity index (χ0) is 25.3. The number of rotatable bonds is 6. The van der Waals surface area contributed by atoms with Gasteiger partial charge < -0.3 is 10.0 Å². The summed E-state index contributed by atoms with van der Waals surface area (Å²) in [5.74, 6) is 0.856. The van der Waals surface area contributed by atoms with E-state index in [1.807, 2.05) is 82.9 Å². The number of hydrogen-bond donors (Lipinski definition) is 2. The first-order chi connectivity index (χ1) is 15.8. The first-order valence-corrected chi connectivity index (χ1v) is 12.2. The molecule has 3 rings (SSSR count). The number of amidine groups is 1. The molecule has 5 nitrogen and oxygen atoms in total. The number of likely N-dealkylation sites (tertiary alicyclic amines) is 1. The molecule has 0 radical (unpaired) electrons. The molecule has 1 aromatic carbocycles. The first-order valence-electron chi connectivity index (χ1n) is 12.2. The molecular weight excluding hydrogens is 502 g/mol. The second-order valence-corrected chi connectivity index (χ2v) is 11.4. The van der Waals surface area contributed by atoms with Crippen LogP contribution >= 0.6 is 17.0 Å². The van der Waals surface area contributed by atoms with Crippen molar-refractivity contribution in [2.24, 2.45) is 5.92 Å². The molecule has 2 aromatic rings. The molecule has 2 N–H and O–H groups in total. The van der Waals surface area contributed by atoms with Gasteiger partial charge in [-0.1, -0.05) is 61.0 Å². The van der Waals surface area contributed by atoms with Crippen LogP contribution in [0.4, 0.5) is 0 Å². The van der Waals surface area contributed by atoms with Gasteiger partial charge in [-0.05, 0) is 47.6 Å². The molecule has 2 heterocycles. The molecule has 1 unspecified atom stereocenters.